The van der Waals surface area contributed by atoms with E-state index in [1.807, 2.05) is 14.0 Å². The molecule has 0 saturated carbocycles. The minimum Gasteiger partial charge on any atom is -0.389 e. The first kappa shape index (κ1) is 15.4. The van der Waals surface area contributed by atoms with Crippen molar-refractivity contribution in [2.24, 2.45) is 5.73 Å². The third-order valence-corrected chi connectivity index (χ3v) is 5.74. The number of nitrogens with two attached hydrogens (primary N) is 1. The molecule has 1 atom stereocenters. The van der Waals surface area contributed by atoms with Gasteiger partial charge in [-0.25, -0.2) is 8.42 Å². The summed E-state index contributed by atoms with van der Waals surface area (Å²) in [6, 6.07) is 6.47. The first-order chi connectivity index (χ1) is 9.32. The zero-order valence-electron chi connectivity index (χ0n) is 11.6. The minimum absolute atomic E-state index is 0.0489. The van der Waals surface area contributed by atoms with Crippen LogP contribution < -0.4 is 5.73 Å². The second kappa shape index (κ2) is 5.77. The van der Waals surface area contributed by atoms with E-state index in [2.05, 4.69) is 4.90 Å². The van der Waals surface area contributed by atoms with Crippen molar-refractivity contribution in [2.45, 2.75) is 17.9 Å². The van der Waals surface area contributed by atoms with Gasteiger partial charge in [-0.3, -0.25) is 0 Å². The molecule has 0 bridgehead atoms. The Kier molecular flexibility index (Phi) is 4.43. The highest BCUT2D eigenvalue weighted by molar-refractivity contribution is 7.89. The van der Waals surface area contributed by atoms with Crippen LogP contribution in [-0.2, 0) is 10.0 Å². The lowest BCUT2D eigenvalue weighted by Crippen LogP contribution is -2.52. The zero-order valence-corrected chi connectivity index (χ0v) is 13.2. The molecule has 0 amide bonds. The number of hydrogen-bond acceptors (Lipinski definition) is 4. The smallest absolute Gasteiger partial charge is 0.243 e. The maximum atomic E-state index is 12.7. The molecule has 1 unspecified atom stereocenters. The molecular formula is C13H19N3O2S2. The summed E-state index contributed by atoms with van der Waals surface area (Å²) < 4.78 is 27.0. The van der Waals surface area contributed by atoms with Crippen molar-refractivity contribution >= 4 is 27.2 Å². The molecular weight excluding hydrogens is 294 g/mol. The number of thiocarbonyl (C=S) groups is 1. The van der Waals surface area contributed by atoms with Gasteiger partial charge in [-0.15, -0.1) is 0 Å². The lowest BCUT2D eigenvalue weighted by molar-refractivity contribution is 0.170. The van der Waals surface area contributed by atoms with E-state index < -0.39 is 10.0 Å². The van der Waals surface area contributed by atoms with Crippen LogP contribution in [0.15, 0.2) is 29.2 Å². The molecule has 1 aliphatic rings. The fourth-order valence-corrected chi connectivity index (χ4v) is 4.21. The molecule has 5 nitrogen and oxygen atoms in total. The molecule has 0 aliphatic carbocycles. The Labute approximate surface area is 125 Å². The van der Waals surface area contributed by atoms with Crippen molar-refractivity contribution in [3.8, 4) is 0 Å². The number of nitrogens with zero attached hydrogens (tertiary/aromatic N) is 2. The third kappa shape index (κ3) is 3.01. The Morgan fingerprint density at radius 3 is 2.70 bits per heavy atom. The van der Waals surface area contributed by atoms with Crippen LogP contribution in [0, 0.1) is 0 Å². The molecule has 0 aromatic heterocycles. The number of sulfonamides is 1. The average molecular weight is 313 g/mol. The van der Waals surface area contributed by atoms with Gasteiger partial charge in [-0.2, -0.15) is 4.31 Å². The summed E-state index contributed by atoms with van der Waals surface area (Å²) >= 11 is 4.90. The predicted molar refractivity (Wildman–Crippen MR) is 83.2 cm³/mol. The molecule has 1 heterocycles. The topological polar surface area (TPSA) is 66.6 Å². The molecule has 1 aliphatic heterocycles. The van der Waals surface area contributed by atoms with Gasteiger partial charge in [0.2, 0.25) is 10.0 Å². The zero-order chi connectivity index (χ0) is 14.9. The van der Waals surface area contributed by atoms with E-state index >= 15 is 0 Å². The van der Waals surface area contributed by atoms with Gasteiger partial charge in [-0.1, -0.05) is 24.4 Å². The lowest BCUT2D eigenvalue weighted by Gasteiger charge is -2.37. The van der Waals surface area contributed by atoms with Gasteiger partial charge in [0, 0.05) is 31.2 Å². The van der Waals surface area contributed by atoms with Gasteiger partial charge in [0.25, 0.3) is 0 Å². The fraction of sp³-hybridized carbons (Fsp3) is 0.462. The van der Waals surface area contributed by atoms with Gasteiger partial charge in [0.15, 0.2) is 0 Å². The van der Waals surface area contributed by atoms with Crippen LogP contribution in [0.5, 0.6) is 0 Å². The summed E-state index contributed by atoms with van der Waals surface area (Å²) in [6.45, 7) is 3.88. The molecule has 1 saturated heterocycles. The Hall–Kier alpha value is -1.02. The number of hydrogen-bond donors (Lipinski definition) is 1. The number of benzene rings is 1. The van der Waals surface area contributed by atoms with Crippen molar-refractivity contribution < 1.29 is 8.42 Å². The number of piperazine rings is 1. The summed E-state index contributed by atoms with van der Waals surface area (Å²) in [7, 11) is -1.51. The van der Waals surface area contributed by atoms with Crippen molar-refractivity contribution in [2.75, 3.05) is 26.7 Å². The van der Waals surface area contributed by atoms with E-state index in [9.17, 15) is 8.42 Å². The van der Waals surface area contributed by atoms with Gasteiger partial charge >= 0.3 is 0 Å². The van der Waals surface area contributed by atoms with Crippen LogP contribution in [0.4, 0.5) is 0 Å². The van der Waals surface area contributed by atoms with Gasteiger partial charge in [0.05, 0.1) is 4.90 Å². The quantitative estimate of drug-likeness (QED) is 0.830. The second-order valence-corrected chi connectivity index (χ2v) is 7.45. The fourth-order valence-electron chi connectivity index (χ4n) is 2.43. The normalized spacial score (nSPS) is 21.8. The first-order valence-corrected chi connectivity index (χ1v) is 8.27. The van der Waals surface area contributed by atoms with Crippen LogP contribution in [0.3, 0.4) is 0 Å². The molecule has 20 heavy (non-hydrogen) atoms. The molecule has 7 heteroatoms. The Morgan fingerprint density at radius 2 is 2.10 bits per heavy atom. The Balaban J connectivity index is 2.35. The first-order valence-electron chi connectivity index (χ1n) is 6.42. The van der Waals surface area contributed by atoms with Gasteiger partial charge in [-0.05, 0) is 26.1 Å². The van der Waals surface area contributed by atoms with Gasteiger partial charge in [0.1, 0.15) is 4.99 Å². The molecule has 2 N–H and O–H groups in total. The highest BCUT2D eigenvalue weighted by Gasteiger charge is 2.32. The van der Waals surface area contributed by atoms with Crippen molar-refractivity contribution in [1.29, 1.82) is 0 Å². The molecule has 0 radical (unpaired) electrons. The summed E-state index contributed by atoms with van der Waals surface area (Å²) in [5, 5.41) is 0. The van der Waals surface area contributed by atoms with Crippen LogP contribution >= 0.6 is 12.2 Å². The molecule has 1 aromatic carbocycles. The Morgan fingerprint density at radius 1 is 1.40 bits per heavy atom. The monoisotopic (exact) mass is 313 g/mol. The summed E-state index contributed by atoms with van der Waals surface area (Å²) in [6.07, 6.45) is 0. The summed E-state index contributed by atoms with van der Waals surface area (Å²) in [4.78, 5) is 2.58. The van der Waals surface area contributed by atoms with Crippen molar-refractivity contribution in [3.63, 3.8) is 0 Å². The van der Waals surface area contributed by atoms with Crippen molar-refractivity contribution in [1.82, 2.24) is 9.21 Å². The third-order valence-electron chi connectivity index (χ3n) is 3.49. The molecule has 1 aromatic rings. The van der Waals surface area contributed by atoms with E-state index in [1.54, 1.807) is 28.6 Å². The number of rotatable bonds is 3. The van der Waals surface area contributed by atoms with Crippen LogP contribution in [-0.4, -0.2) is 55.3 Å². The predicted octanol–water partition coefficient (Wildman–Crippen LogP) is 0.645. The Bertz CT molecular complexity index is 616. The van der Waals surface area contributed by atoms with E-state index in [0.29, 0.717) is 12.1 Å². The standard InChI is InChI=1S/C13H19N3O2S2/c1-10-9-15(2)6-7-16(10)20(17,18)12-5-3-4-11(8-12)13(14)19/h3-5,8,10H,6-7,9H2,1-2H3,(H2,14,19). The molecule has 2 rings (SSSR count). The SMILES string of the molecule is CC1CN(C)CCN1S(=O)(=O)c1cccc(C(N)=S)c1. The van der Waals surface area contributed by atoms with Crippen LogP contribution in [0.2, 0.25) is 0 Å². The van der Waals surface area contributed by atoms with E-state index in [-0.39, 0.29) is 15.9 Å². The highest BCUT2D eigenvalue weighted by Crippen LogP contribution is 2.21. The average Bonchev–Trinajstić information content (AvgIpc) is 2.38. The lowest BCUT2D eigenvalue weighted by atomic mass is 10.2. The second-order valence-electron chi connectivity index (χ2n) is 5.12. The molecule has 110 valence electrons. The molecule has 1 fully saturated rings. The minimum atomic E-state index is -3.50. The van der Waals surface area contributed by atoms with Crippen LogP contribution in [0.1, 0.15) is 12.5 Å². The maximum Gasteiger partial charge on any atom is 0.243 e. The summed E-state index contributed by atoms with van der Waals surface area (Å²) in [5.41, 5.74) is 6.14. The van der Waals surface area contributed by atoms with Gasteiger partial charge < -0.3 is 10.6 Å². The van der Waals surface area contributed by atoms with Crippen molar-refractivity contribution in [3.05, 3.63) is 29.8 Å². The highest BCUT2D eigenvalue weighted by atomic mass is 32.2. The number of likely N-dealkylation sites (N-methyl/N-ethyl adjacent to an activating group) is 1. The summed E-state index contributed by atoms with van der Waals surface area (Å²) in [5.74, 6) is 0. The maximum absolute atomic E-state index is 12.7. The van der Waals surface area contributed by atoms with E-state index in [0.717, 1.165) is 13.1 Å². The molecule has 0 spiro atoms. The van der Waals surface area contributed by atoms with Crippen LogP contribution in [0.25, 0.3) is 0 Å². The largest absolute Gasteiger partial charge is 0.389 e. The van der Waals surface area contributed by atoms with E-state index in [1.165, 1.54) is 0 Å². The van der Waals surface area contributed by atoms with E-state index in [4.69, 9.17) is 18.0 Å².